The Kier molecular flexibility index (Phi) is 5.56. The van der Waals surface area contributed by atoms with Crippen LogP contribution in [-0.2, 0) is 19.1 Å². The molecule has 26 heavy (non-hydrogen) atoms. The molecule has 140 valence electrons. The van der Waals surface area contributed by atoms with E-state index >= 15 is 0 Å². The van der Waals surface area contributed by atoms with Crippen LogP contribution in [0.3, 0.4) is 0 Å². The first-order chi connectivity index (χ1) is 12.6. The molecule has 0 bridgehead atoms. The number of anilines is 1. The number of benzene rings is 1. The molecule has 2 atom stereocenters. The number of amides is 2. The van der Waals surface area contributed by atoms with Gasteiger partial charge in [0.2, 0.25) is 5.91 Å². The van der Waals surface area contributed by atoms with Crippen molar-refractivity contribution < 1.29 is 23.9 Å². The number of hydrogen-bond donors (Lipinski definition) is 0. The van der Waals surface area contributed by atoms with Gasteiger partial charge in [-0.2, -0.15) is 0 Å². The maximum absolute atomic E-state index is 13.0. The lowest BCUT2D eigenvalue weighted by atomic mass is 9.96. The summed E-state index contributed by atoms with van der Waals surface area (Å²) >= 11 is 0. The molecule has 0 radical (unpaired) electrons. The SMILES string of the molecule is CCOC(=O)[C@H]1CCCN([C@@H]2CC(=O)N(c3ccccc3OC)C2=O)C1. The molecule has 0 N–H and O–H groups in total. The second kappa shape index (κ2) is 7.86. The third kappa shape index (κ3) is 3.44. The third-order valence-corrected chi connectivity index (χ3v) is 4.96. The minimum atomic E-state index is -0.537. The highest BCUT2D eigenvalue weighted by atomic mass is 16.5. The summed E-state index contributed by atoms with van der Waals surface area (Å²) in [6, 6.07) is 6.45. The highest BCUT2D eigenvalue weighted by molar-refractivity contribution is 6.23. The average molecular weight is 360 g/mol. The Morgan fingerprint density at radius 2 is 2.04 bits per heavy atom. The van der Waals surface area contributed by atoms with E-state index < -0.39 is 6.04 Å². The number of rotatable bonds is 5. The van der Waals surface area contributed by atoms with E-state index in [4.69, 9.17) is 9.47 Å². The maximum Gasteiger partial charge on any atom is 0.310 e. The molecule has 1 aromatic rings. The van der Waals surface area contributed by atoms with Gasteiger partial charge in [0.1, 0.15) is 5.75 Å². The van der Waals surface area contributed by atoms with E-state index in [9.17, 15) is 14.4 Å². The predicted molar refractivity (Wildman–Crippen MR) is 94.8 cm³/mol. The van der Waals surface area contributed by atoms with Crippen LogP contribution in [0.5, 0.6) is 5.75 Å². The smallest absolute Gasteiger partial charge is 0.310 e. The zero-order valence-electron chi connectivity index (χ0n) is 15.1. The maximum atomic E-state index is 13.0. The topological polar surface area (TPSA) is 76.2 Å². The fourth-order valence-corrected chi connectivity index (χ4v) is 3.71. The number of imide groups is 1. The quantitative estimate of drug-likeness (QED) is 0.586. The minimum Gasteiger partial charge on any atom is -0.495 e. The molecule has 1 aromatic carbocycles. The molecule has 2 amide bonds. The molecule has 2 aliphatic heterocycles. The molecule has 2 saturated heterocycles. The van der Waals surface area contributed by atoms with Crippen molar-refractivity contribution in [2.24, 2.45) is 5.92 Å². The number of methoxy groups -OCH3 is 1. The van der Waals surface area contributed by atoms with Crippen LogP contribution in [0.25, 0.3) is 0 Å². The molecule has 7 nitrogen and oxygen atoms in total. The molecule has 2 fully saturated rings. The van der Waals surface area contributed by atoms with Crippen molar-refractivity contribution in [3.8, 4) is 5.75 Å². The van der Waals surface area contributed by atoms with E-state index in [1.54, 1.807) is 31.2 Å². The lowest BCUT2D eigenvalue weighted by molar-refractivity contribution is -0.150. The van der Waals surface area contributed by atoms with Crippen LogP contribution in [0.4, 0.5) is 5.69 Å². The van der Waals surface area contributed by atoms with Crippen LogP contribution in [-0.4, -0.2) is 55.5 Å². The van der Waals surface area contributed by atoms with Crippen LogP contribution < -0.4 is 9.64 Å². The summed E-state index contributed by atoms with van der Waals surface area (Å²) in [7, 11) is 1.51. The Morgan fingerprint density at radius 1 is 1.27 bits per heavy atom. The molecule has 0 aromatic heterocycles. The lowest BCUT2D eigenvalue weighted by Crippen LogP contribution is -2.48. The van der Waals surface area contributed by atoms with Crippen LogP contribution in [0.1, 0.15) is 26.2 Å². The first-order valence-corrected chi connectivity index (χ1v) is 8.97. The number of hydrogen-bond acceptors (Lipinski definition) is 6. The molecular weight excluding hydrogens is 336 g/mol. The Bertz CT molecular complexity index is 705. The number of esters is 1. The van der Waals surface area contributed by atoms with E-state index in [0.29, 0.717) is 31.1 Å². The van der Waals surface area contributed by atoms with Gasteiger partial charge in [0.25, 0.3) is 5.91 Å². The van der Waals surface area contributed by atoms with Crippen molar-refractivity contribution in [3.63, 3.8) is 0 Å². The zero-order valence-corrected chi connectivity index (χ0v) is 15.1. The summed E-state index contributed by atoms with van der Waals surface area (Å²) in [6.45, 7) is 3.27. The predicted octanol–water partition coefficient (Wildman–Crippen LogP) is 1.60. The van der Waals surface area contributed by atoms with Crippen LogP contribution in [0.2, 0.25) is 0 Å². The Labute approximate surface area is 152 Å². The highest BCUT2D eigenvalue weighted by Gasteiger charge is 2.45. The van der Waals surface area contributed by atoms with Gasteiger partial charge in [-0.3, -0.25) is 19.3 Å². The van der Waals surface area contributed by atoms with Gasteiger partial charge in [-0.15, -0.1) is 0 Å². The normalized spacial score (nSPS) is 24.0. The van der Waals surface area contributed by atoms with Crippen LogP contribution in [0, 0.1) is 5.92 Å². The summed E-state index contributed by atoms with van der Waals surface area (Å²) in [6.07, 6.45) is 1.67. The Balaban J connectivity index is 1.77. The van der Waals surface area contributed by atoms with Gasteiger partial charge < -0.3 is 9.47 Å². The molecule has 2 heterocycles. The third-order valence-electron chi connectivity index (χ3n) is 4.96. The summed E-state index contributed by atoms with van der Waals surface area (Å²) in [5, 5.41) is 0. The highest BCUT2D eigenvalue weighted by Crippen LogP contribution is 2.34. The van der Waals surface area contributed by atoms with Crippen molar-refractivity contribution in [1.82, 2.24) is 4.90 Å². The van der Waals surface area contributed by atoms with Crippen molar-refractivity contribution >= 4 is 23.5 Å². The first-order valence-electron chi connectivity index (χ1n) is 8.97. The number of ether oxygens (including phenoxy) is 2. The summed E-state index contributed by atoms with van der Waals surface area (Å²) in [5.41, 5.74) is 0.464. The van der Waals surface area contributed by atoms with E-state index in [1.807, 2.05) is 4.90 Å². The Hall–Kier alpha value is -2.41. The second-order valence-electron chi connectivity index (χ2n) is 6.55. The molecule has 0 saturated carbocycles. The lowest BCUT2D eigenvalue weighted by Gasteiger charge is -2.34. The van der Waals surface area contributed by atoms with Gasteiger partial charge in [0.05, 0.1) is 37.8 Å². The minimum absolute atomic E-state index is 0.117. The van der Waals surface area contributed by atoms with E-state index in [1.165, 1.54) is 12.0 Å². The number of carbonyl (C=O) groups is 3. The molecule has 0 spiro atoms. The van der Waals surface area contributed by atoms with Gasteiger partial charge in [0, 0.05) is 6.54 Å². The van der Waals surface area contributed by atoms with Crippen molar-refractivity contribution in [1.29, 1.82) is 0 Å². The summed E-state index contributed by atoms with van der Waals surface area (Å²) in [5.74, 6) is -0.493. The van der Waals surface area contributed by atoms with E-state index in [0.717, 1.165) is 12.8 Å². The van der Waals surface area contributed by atoms with Crippen molar-refractivity contribution in [2.45, 2.75) is 32.2 Å². The van der Waals surface area contributed by atoms with E-state index in [2.05, 4.69) is 0 Å². The number of carbonyl (C=O) groups excluding carboxylic acids is 3. The van der Waals surface area contributed by atoms with Crippen molar-refractivity contribution in [2.75, 3.05) is 31.7 Å². The molecule has 7 heteroatoms. The molecule has 3 rings (SSSR count). The molecule has 2 aliphatic rings. The number of likely N-dealkylation sites (tertiary alicyclic amines) is 1. The van der Waals surface area contributed by atoms with E-state index in [-0.39, 0.29) is 30.1 Å². The standard InChI is InChI=1S/C19H24N2O5/c1-3-26-19(24)13-7-6-10-20(12-13)15-11-17(22)21(18(15)23)14-8-4-5-9-16(14)25-2/h4-5,8-9,13,15H,3,6-7,10-12H2,1-2H3/t13-,15+/m0/s1. The van der Waals surface area contributed by atoms with Gasteiger partial charge in [0.15, 0.2) is 0 Å². The van der Waals surface area contributed by atoms with Crippen LogP contribution in [0.15, 0.2) is 24.3 Å². The summed E-state index contributed by atoms with van der Waals surface area (Å²) in [4.78, 5) is 40.7. The summed E-state index contributed by atoms with van der Waals surface area (Å²) < 4.78 is 10.4. The number of nitrogens with zero attached hydrogens (tertiary/aromatic N) is 2. The van der Waals surface area contributed by atoms with Crippen LogP contribution >= 0.6 is 0 Å². The fraction of sp³-hybridized carbons (Fsp3) is 0.526. The molecule has 0 unspecified atom stereocenters. The van der Waals surface area contributed by atoms with Gasteiger partial charge in [-0.05, 0) is 38.4 Å². The largest absolute Gasteiger partial charge is 0.495 e. The second-order valence-corrected chi connectivity index (χ2v) is 6.55. The zero-order chi connectivity index (χ0) is 18.7. The van der Waals surface area contributed by atoms with Gasteiger partial charge in [-0.25, -0.2) is 4.90 Å². The number of para-hydroxylation sites is 2. The van der Waals surface area contributed by atoms with Gasteiger partial charge in [-0.1, -0.05) is 12.1 Å². The average Bonchev–Trinajstić information content (AvgIpc) is 2.96. The number of piperidine rings is 1. The van der Waals surface area contributed by atoms with Crippen molar-refractivity contribution in [3.05, 3.63) is 24.3 Å². The molecular formula is C19H24N2O5. The first kappa shape index (κ1) is 18.4. The van der Waals surface area contributed by atoms with Gasteiger partial charge >= 0.3 is 5.97 Å². The Morgan fingerprint density at radius 3 is 2.77 bits per heavy atom. The molecule has 0 aliphatic carbocycles. The monoisotopic (exact) mass is 360 g/mol. The fourth-order valence-electron chi connectivity index (χ4n) is 3.71.